The number of carbonyl (C=O) groups is 3. The van der Waals surface area contributed by atoms with E-state index in [-0.39, 0.29) is 25.9 Å². The highest BCUT2D eigenvalue weighted by Gasteiger charge is 2.29. The van der Waals surface area contributed by atoms with E-state index < -0.39 is 47.2 Å². The normalized spacial score (nSPS) is 15.3. The number of nitrogens with two attached hydrogens (primary N) is 3. The molecule has 7 N–H and O–H groups in total. The van der Waals surface area contributed by atoms with Crippen molar-refractivity contribution in [3.63, 3.8) is 0 Å². The molecule has 0 radical (unpaired) electrons. The zero-order chi connectivity index (χ0) is 24.4. The van der Waals surface area contributed by atoms with Crippen LogP contribution in [-0.2, 0) is 23.9 Å². The third kappa shape index (κ3) is 13.3. The van der Waals surface area contributed by atoms with Gasteiger partial charge in [0.2, 0.25) is 0 Å². The molecule has 0 aliphatic carbocycles. The number of rotatable bonds is 13. The first-order chi connectivity index (χ1) is 14.1. The molecule has 0 saturated carbocycles. The summed E-state index contributed by atoms with van der Waals surface area (Å²) in [6.45, 7) is 11.3. The Kier molecular flexibility index (Phi) is 12.2. The molecule has 0 aromatic rings. The van der Waals surface area contributed by atoms with E-state index in [1.807, 2.05) is 0 Å². The Morgan fingerprint density at radius 3 is 1.52 bits per heavy atom. The fourth-order valence-electron chi connectivity index (χ4n) is 2.80. The van der Waals surface area contributed by atoms with Crippen molar-refractivity contribution in [2.45, 2.75) is 96.6 Å². The van der Waals surface area contributed by atoms with Gasteiger partial charge in [0.05, 0.1) is 0 Å². The summed E-state index contributed by atoms with van der Waals surface area (Å²) in [6, 6.07) is -2.63. The van der Waals surface area contributed by atoms with Crippen molar-refractivity contribution in [3.8, 4) is 0 Å². The van der Waals surface area contributed by atoms with Gasteiger partial charge in [-0.3, -0.25) is 19.3 Å². The molecule has 0 saturated heterocycles. The van der Waals surface area contributed by atoms with Crippen molar-refractivity contribution in [1.29, 1.82) is 0 Å². The molecule has 3 atom stereocenters. The topological polar surface area (TPSA) is 171 Å². The summed E-state index contributed by atoms with van der Waals surface area (Å²) in [5.41, 5.74) is 16.1. The maximum atomic E-state index is 12.2. The number of hydrogen-bond acceptors (Lipinski definition) is 9. The lowest BCUT2D eigenvalue weighted by molar-refractivity contribution is -0.157. The third-order valence-electron chi connectivity index (χ3n) is 4.28. The Hall–Kier alpha value is -1.75. The molecular weight excluding hydrogens is 404 g/mol. The maximum Gasteiger partial charge on any atom is 0.323 e. The van der Waals surface area contributed by atoms with Gasteiger partial charge in [-0.25, -0.2) is 0 Å². The van der Waals surface area contributed by atoms with Crippen LogP contribution in [0.3, 0.4) is 0 Å². The van der Waals surface area contributed by atoms with Gasteiger partial charge < -0.3 is 31.8 Å². The molecule has 0 aliphatic rings. The summed E-state index contributed by atoms with van der Waals surface area (Å²) in [4.78, 5) is 37.8. The van der Waals surface area contributed by atoms with Crippen LogP contribution in [0.2, 0.25) is 0 Å². The Balaban J connectivity index is 5.18. The second-order valence-corrected chi connectivity index (χ2v) is 9.68. The molecule has 0 heterocycles. The van der Waals surface area contributed by atoms with E-state index in [9.17, 15) is 19.5 Å². The first kappa shape index (κ1) is 29.2. The second-order valence-electron chi connectivity index (χ2n) is 9.68. The van der Waals surface area contributed by atoms with Crippen LogP contribution < -0.4 is 17.2 Å². The molecule has 31 heavy (non-hydrogen) atoms. The quantitative estimate of drug-likeness (QED) is 0.293. The molecule has 0 aromatic carbocycles. The van der Waals surface area contributed by atoms with E-state index in [1.54, 1.807) is 46.4 Å². The lowest BCUT2D eigenvalue weighted by Gasteiger charge is -2.31. The van der Waals surface area contributed by atoms with Crippen LogP contribution in [0.5, 0.6) is 0 Å². The van der Waals surface area contributed by atoms with Crippen LogP contribution in [0.25, 0.3) is 0 Å². The molecule has 0 aliphatic heterocycles. The van der Waals surface area contributed by atoms with Crippen molar-refractivity contribution in [2.75, 3.05) is 19.6 Å². The molecule has 0 bridgehead atoms. The predicted molar refractivity (Wildman–Crippen MR) is 118 cm³/mol. The largest absolute Gasteiger partial charge is 0.480 e. The highest BCUT2D eigenvalue weighted by molar-refractivity contribution is 5.76. The minimum atomic E-state index is -1.01. The van der Waals surface area contributed by atoms with E-state index in [1.165, 1.54) is 0 Å². The van der Waals surface area contributed by atoms with Crippen molar-refractivity contribution in [3.05, 3.63) is 0 Å². The van der Waals surface area contributed by atoms with Crippen molar-refractivity contribution in [1.82, 2.24) is 4.90 Å². The van der Waals surface area contributed by atoms with E-state index in [0.717, 1.165) is 0 Å². The van der Waals surface area contributed by atoms with Crippen LogP contribution in [0.15, 0.2) is 0 Å². The van der Waals surface area contributed by atoms with Gasteiger partial charge in [-0.2, -0.15) is 0 Å². The standard InChI is InChI=1S/C21H42N4O6/c1-20(2,3)30-18(28)14(23)9-12-25(16(17(26)27)8-7-11-22)13-10-15(24)19(29)31-21(4,5)6/h14-16H,7-13,22-24H2,1-6H3,(H,26,27)/t14?,15?,16-/m0/s1. The predicted octanol–water partition coefficient (Wildman–Crippen LogP) is 0.599. The SMILES string of the molecule is CC(C)(C)OC(=O)C(N)CCN(CCC(N)C(=O)OC(C)(C)C)[C@@H](CCCN)C(=O)O. The molecule has 0 fully saturated rings. The van der Waals surface area contributed by atoms with E-state index in [0.29, 0.717) is 19.4 Å². The number of esters is 2. The molecule has 0 rings (SSSR count). The van der Waals surface area contributed by atoms with Crippen LogP contribution in [0.1, 0.15) is 67.2 Å². The van der Waals surface area contributed by atoms with Gasteiger partial charge in [-0.15, -0.1) is 0 Å². The summed E-state index contributed by atoms with van der Waals surface area (Å²) in [6.07, 6.45) is 1.24. The van der Waals surface area contributed by atoms with Crippen molar-refractivity contribution < 1.29 is 29.0 Å². The van der Waals surface area contributed by atoms with E-state index in [2.05, 4.69) is 0 Å². The molecule has 2 unspecified atom stereocenters. The molecule has 10 heteroatoms. The monoisotopic (exact) mass is 446 g/mol. The second kappa shape index (κ2) is 12.9. The number of aliphatic carboxylic acids is 1. The zero-order valence-electron chi connectivity index (χ0n) is 19.8. The van der Waals surface area contributed by atoms with E-state index in [4.69, 9.17) is 26.7 Å². The molecule has 182 valence electrons. The molecule has 0 aromatic heterocycles. The number of carboxylic acids is 1. The molecular formula is C21H42N4O6. The average Bonchev–Trinajstić information content (AvgIpc) is 2.59. The Labute approximate surface area is 185 Å². The van der Waals surface area contributed by atoms with Gasteiger partial charge in [-0.05, 0) is 73.8 Å². The van der Waals surface area contributed by atoms with Gasteiger partial charge in [0.1, 0.15) is 29.3 Å². The number of ether oxygens (including phenoxy) is 2. The lowest BCUT2D eigenvalue weighted by Crippen LogP contribution is -2.47. The van der Waals surface area contributed by atoms with Crippen LogP contribution in [0, 0.1) is 0 Å². The van der Waals surface area contributed by atoms with Gasteiger partial charge >= 0.3 is 17.9 Å². The molecule has 0 spiro atoms. The summed E-state index contributed by atoms with van der Waals surface area (Å²) < 4.78 is 10.6. The average molecular weight is 447 g/mol. The number of carbonyl (C=O) groups excluding carboxylic acids is 2. The number of hydrogen-bond donors (Lipinski definition) is 4. The third-order valence-corrected chi connectivity index (χ3v) is 4.28. The smallest absolute Gasteiger partial charge is 0.323 e. The Morgan fingerprint density at radius 2 is 1.23 bits per heavy atom. The summed E-state index contributed by atoms with van der Waals surface area (Å²) in [7, 11) is 0. The van der Waals surface area contributed by atoms with E-state index >= 15 is 0 Å². The summed E-state index contributed by atoms with van der Waals surface area (Å²) in [5, 5.41) is 9.70. The Morgan fingerprint density at radius 1 is 0.839 bits per heavy atom. The fraction of sp³-hybridized carbons (Fsp3) is 0.857. The highest BCUT2D eigenvalue weighted by atomic mass is 16.6. The Bertz CT molecular complexity index is 547. The van der Waals surface area contributed by atoms with Gasteiger partial charge in [0.15, 0.2) is 0 Å². The summed E-state index contributed by atoms with van der Waals surface area (Å²) in [5.74, 6) is -2.11. The van der Waals surface area contributed by atoms with Gasteiger partial charge in [0.25, 0.3) is 0 Å². The van der Waals surface area contributed by atoms with Crippen molar-refractivity contribution >= 4 is 17.9 Å². The summed E-state index contributed by atoms with van der Waals surface area (Å²) >= 11 is 0. The first-order valence-electron chi connectivity index (χ1n) is 10.7. The van der Waals surface area contributed by atoms with Crippen molar-refractivity contribution in [2.24, 2.45) is 17.2 Å². The molecule has 0 amide bonds. The van der Waals surface area contributed by atoms with Crippen LogP contribution >= 0.6 is 0 Å². The zero-order valence-corrected chi connectivity index (χ0v) is 19.8. The van der Waals surface area contributed by atoms with Crippen LogP contribution in [-0.4, -0.2) is 76.9 Å². The number of carboxylic acid groups (broad SMARTS) is 1. The van der Waals surface area contributed by atoms with Gasteiger partial charge in [0, 0.05) is 13.1 Å². The van der Waals surface area contributed by atoms with Gasteiger partial charge in [-0.1, -0.05) is 0 Å². The highest BCUT2D eigenvalue weighted by Crippen LogP contribution is 2.14. The first-order valence-corrected chi connectivity index (χ1v) is 10.7. The molecule has 10 nitrogen and oxygen atoms in total. The lowest BCUT2D eigenvalue weighted by atomic mass is 10.1. The fourth-order valence-corrected chi connectivity index (χ4v) is 2.80. The minimum Gasteiger partial charge on any atom is -0.480 e. The number of nitrogens with zero attached hydrogens (tertiary/aromatic N) is 1. The minimum absolute atomic E-state index is 0.197. The maximum absolute atomic E-state index is 12.2. The van der Waals surface area contributed by atoms with Crippen LogP contribution in [0.4, 0.5) is 0 Å².